The van der Waals surface area contributed by atoms with Crippen molar-refractivity contribution in [3.05, 3.63) is 58.7 Å². The molecule has 11 atom stereocenters. The summed E-state index contributed by atoms with van der Waals surface area (Å²) in [6.07, 6.45) is 5.17. The van der Waals surface area contributed by atoms with Gasteiger partial charge in [-0.05, 0) is 89.1 Å². The third-order valence-electron chi connectivity index (χ3n) is 16.0. The van der Waals surface area contributed by atoms with Gasteiger partial charge in [0.15, 0.2) is 0 Å². The number of nitrogens with two attached hydrogens (primary N) is 2. The van der Waals surface area contributed by atoms with Crippen LogP contribution < -0.4 is 47.7 Å². The first kappa shape index (κ1) is 69.7. The van der Waals surface area contributed by atoms with E-state index in [1.54, 1.807) is 51.3 Å². The minimum Gasteiger partial charge on any atom is -0.495 e. The molecule has 0 saturated carbocycles. The third-order valence-corrected chi connectivity index (χ3v) is 17.0. The third kappa shape index (κ3) is 18.7. The molecule has 1 aromatic rings. The van der Waals surface area contributed by atoms with Crippen LogP contribution in [-0.4, -0.2) is 187 Å². The van der Waals surface area contributed by atoms with Gasteiger partial charge in [-0.2, -0.15) is 11.8 Å². The Hall–Kier alpha value is -7.07. The number of methoxy groups -OCH3 is 1. The van der Waals surface area contributed by atoms with Crippen molar-refractivity contribution in [3.63, 3.8) is 0 Å². The lowest BCUT2D eigenvalue weighted by Crippen LogP contribution is -2.60. The van der Waals surface area contributed by atoms with Crippen LogP contribution in [0.15, 0.2) is 48.1 Å². The monoisotopic (exact) mass is 1240 g/mol. The van der Waals surface area contributed by atoms with Gasteiger partial charge < -0.3 is 66.6 Å². The minimum absolute atomic E-state index is 0.0425. The van der Waals surface area contributed by atoms with E-state index in [0.29, 0.717) is 36.5 Å². The summed E-state index contributed by atoms with van der Waals surface area (Å²) in [4.78, 5) is 149. The van der Waals surface area contributed by atoms with Crippen LogP contribution in [0, 0.1) is 17.8 Å². The average Bonchev–Trinajstić information content (AvgIpc) is 2.01. The molecule has 2 saturated heterocycles. The van der Waals surface area contributed by atoms with Crippen molar-refractivity contribution < 1.29 is 76.8 Å². The number of epoxide rings is 1. The van der Waals surface area contributed by atoms with E-state index in [9.17, 15) is 57.8 Å². The normalized spacial score (nSPS) is 25.3. The quantitative estimate of drug-likeness (QED) is 0.0281. The first-order chi connectivity index (χ1) is 40.6. The second-order valence-corrected chi connectivity index (χ2v) is 23.7. The number of imide groups is 1. The highest BCUT2D eigenvalue weighted by Gasteiger charge is 2.64. The molecule has 10 unspecified atom stereocenters. The van der Waals surface area contributed by atoms with E-state index in [4.69, 9.17) is 42.0 Å². The number of carbonyl (C=O) groups is 11. The van der Waals surface area contributed by atoms with E-state index < -0.39 is 150 Å². The molecule has 474 valence electrons. The maximum absolute atomic E-state index is 14.5. The molecule has 26 nitrogen and oxygen atoms in total. The first-order valence-electron chi connectivity index (χ1n) is 28.6. The SMILES string of the molecule is COc1cc2cc(c1Cl)N(C)C(=O)CC(OC(=O)[C@H](C)N(C)C(=O)CC(CCSC)C(=O)NC(CC(N)=O)C(=O)NC(CCCCN)C(=O)NCCNC(=O)CCN1C(=O)C=CC1=O)C1(C)OC1C(C)C1CC(O)(NC(=O)O1)C(C)/C=C/C=C(\C)C2. The van der Waals surface area contributed by atoms with Crippen LogP contribution in [0.2, 0.25) is 5.02 Å². The van der Waals surface area contributed by atoms with Gasteiger partial charge in [0.2, 0.25) is 41.4 Å². The lowest BCUT2D eigenvalue weighted by molar-refractivity contribution is -0.162. The van der Waals surface area contributed by atoms with Crippen LogP contribution in [0.1, 0.15) is 98.0 Å². The number of anilines is 1. The minimum atomic E-state index is -1.73. The molecule has 0 aromatic heterocycles. The van der Waals surface area contributed by atoms with Crippen molar-refractivity contribution in [1.82, 2.24) is 36.4 Å². The van der Waals surface area contributed by atoms with E-state index in [-0.39, 0.29) is 56.9 Å². The number of hydrogen-bond donors (Lipinski definition) is 8. The number of unbranched alkanes of at least 4 members (excludes halogenated alkanes) is 1. The van der Waals surface area contributed by atoms with Crippen LogP contribution in [0.5, 0.6) is 5.75 Å². The number of nitrogens with zero attached hydrogens (tertiary/aromatic N) is 3. The summed E-state index contributed by atoms with van der Waals surface area (Å²) in [5.74, 6) is -8.77. The second kappa shape index (κ2) is 31.5. The number of primary amides is 1. The van der Waals surface area contributed by atoms with Crippen molar-refractivity contribution in [2.45, 2.75) is 147 Å². The summed E-state index contributed by atoms with van der Waals surface area (Å²) < 4.78 is 23.9. The number of fused-ring (bicyclic) bond motifs is 5. The van der Waals surface area contributed by atoms with Gasteiger partial charge >= 0.3 is 12.1 Å². The molecule has 28 heteroatoms. The Morgan fingerprint density at radius 3 is 2.30 bits per heavy atom. The molecule has 0 radical (unpaired) electrons. The van der Waals surface area contributed by atoms with Crippen LogP contribution in [-0.2, 0) is 68.6 Å². The van der Waals surface area contributed by atoms with Gasteiger partial charge in [0.25, 0.3) is 11.8 Å². The predicted octanol–water partition coefficient (Wildman–Crippen LogP) is 1.42. The number of carbonyl (C=O) groups excluding carboxylic acids is 11. The van der Waals surface area contributed by atoms with Crippen LogP contribution in [0.25, 0.3) is 0 Å². The van der Waals surface area contributed by atoms with Gasteiger partial charge in [0.05, 0.1) is 31.7 Å². The number of ether oxygens (including phenoxy) is 4. The predicted molar refractivity (Wildman–Crippen MR) is 318 cm³/mol. The summed E-state index contributed by atoms with van der Waals surface area (Å²) in [7, 11) is 4.29. The van der Waals surface area contributed by atoms with Crippen molar-refractivity contribution in [1.29, 1.82) is 0 Å². The molecule has 4 heterocycles. The van der Waals surface area contributed by atoms with Crippen LogP contribution >= 0.6 is 23.4 Å². The zero-order valence-electron chi connectivity index (χ0n) is 50.2. The smallest absolute Gasteiger partial charge is 0.409 e. The molecule has 0 aliphatic carbocycles. The number of alkyl carbamates (subject to hydrolysis) is 1. The topological polar surface area (TPSA) is 370 Å². The van der Waals surface area contributed by atoms with Crippen molar-refractivity contribution >= 4 is 94.3 Å². The number of nitrogens with one attached hydrogen (secondary N) is 5. The number of hydrogen-bond acceptors (Lipinski definition) is 18. The Morgan fingerprint density at radius 1 is 0.977 bits per heavy atom. The van der Waals surface area contributed by atoms with Crippen LogP contribution in [0.4, 0.5) is 10.5 Å². The summed E-state index contributed by atoms with van der Waals surface area (Å²) in [6.45, 7) is 8.48. The van der Waals surface area contributed by atoms with E-state index >= 15 is 0 Å². The molecule has 1 aromatic carbocycles. The van der Waals surface area contributed by atoms with Gasteiger partial charge in [-0.3, -0.25) is 53.4 Å². The average molecular weight is 1240 g/mol. The molecule has 4 aliphatic heterocycles. The highest BCUT2D eigenvalue weighted by atomic mass is 35.5. The number of aliphatic hydroxyl groups is 1. The summed E-state index contributed by atoms with van der Waals surface area (Å²) in [6, 6.07) is -0.630. The van der Waals surface area contributed by atoms with E-state index in [1.807, 2.05) is 13.0 Å². The maximum Gasteiger partial charge on any atom is 0.409 e. The molecule has 0 spiro atoms. The fourth-order valence-corrected chi connectivity index (χ4v) is 11.1. The standard InChI is InChI=1S/C58H83ClN10O16S/c1-32-13-12-14-33(2)58(81)31-42(83-56(80)66-58)34(3)51-57(5,85-51)43(30-49(75)68(7)40-26-36(25-32)27-41(82-8)50(40)59)84-55(79)35(4)67(6)48(74)28-37(19-24-86-9)52(76)65-39(29-44(61)70)54(78)64-38(15-10-11-20-60)53(77)63-22-21-62-45(71)18-23-69-46(72)16-17-47(69)73/h12-14,16-17,26-27,33-35,37-39,42-43,51,81H,10-11,15,18-25,28-31,60H2,1-9H3,(H2,61,70)(H,62,71)(H,63,77)(H,64,78)(H,65,76)(H,66,80)/b14-12+,32-13+/t33?,34?,35-,37?,38?,39?,42?,43?,51?,57?,58?/m0/s1. The van der Waals surface area contributed by atoms with E-state index in [2.05, 4.69) is 26.6 Å². The molecule has 4 bridgehead atoms. The van der Waals surface area contributed by atoms with Gasteiger partial charge in [-0.25, -0.2) is 9.59 Å². The number of benzene rings is 1. The molecule has 2 fully saturated rings. The van der Waals surface area contributed by atoms with Gasteiger partial charge in [0, 0.05) is 82.9 Å². The Labute approximate surface area is 509 Å². The molecule has 10 amide bonds. The zero-order valence-corrected chi connectivity index (χ0v) is 51.8. The summed E-state index contributed by atoms with van der Waals surface area (Å²) >= 11 is 8.21. The zero-order chi connectivity index (χ0) is 63.8. The largest absolute Gasteiger partial charge is 0.495 e. The molecule has 10 N–H and O–H groups in total. The summed E-state index contributed by atoms with van der Waals surface area (Å²) in [5, 5.41) is 24.9. The Morgan fingerprint density at radius 2 is 1.65 bits per heavy atom. The van der Waals surface area contributed by atoms with Gasteiger partial charge in [-0.1, -0.05) is 49.2 Å². The van der Waals surface area contributed by atoms with Crippen molar-refractivity contribution in [2.75, 3.05) is 64.3 Å². The number of rotatable bonds is 26. The fourth-order valence-electron chi connectivity index (χ4n) is 10.3. The Balaban J connectivity index is 1.31. The number of thioether (sulfide) groups is 1. The number of amides is 10. The Bertz CT molecular complexity index is 2800. The molecule has 4 aliphatic rings. The van der Waals surface area contributed by atoms with Gasteiger partial charge in [0.1, 0.15) is 52.4 Å². The number of halogens is 1. The highest BCUT2D eigenvalue weighted by Crippen LogP contribution is 2.49. The van der Waals surface area contributed by atoms with E-state index in [1.165, 1.54) is 44.8 Å². The summed E-state index contributed by atoms with van der Waals surface area (Å²) in [5.41, 5.74) is 10.1. The lowest BCUT2D eigenvalue weighted by Gasteiger charge is -2.41. The van der Waals surface area contributed by atoms with E-state index in [0.717, 1.165) is 33.1 Å². The molecule has 86 heavy (non-hydrogen) atoms. The first-order valence-corrected chi connectivity index (χ1v) is 30.3. The van der Waals surface area contributed by atoms with Gasteiger partial charge in [-0.15, -0.1) is 0 Å². The molecular weight excluding hydrogens is 1160 g/mol. The number of esters is 1. The second-order valence-electron chi connectivity index (χ2n) is 22.3. The molecule has 5 rings (SSSR count). The Kier molecular flexibility index (Phi) is 25.6. The molecular formula is C58H83ClN10O16S. The number of allylic oxidation sites excluding steroid dienone is 3. The maximum atomic E-state index is 14.5. The van der Waals surface area contributed by atoms with Crippen LogP contribution in [0.3, 0.4) is 0 Å². The van der Waals surface area contributed by atoms with Crippen molar-refractivity contribution in [2.24, 2.45) is 29.2 Å². The highest BCUT2D eigenvalue weighted by molar-refractivity contribution is 7.98. The lowest BCUT2D eigenvalue weighted by atomic mass is 9.82. The fraction of sp³-hybridized carbons (Fsp3) is 0.603. The van der Waals surface area contributed by atoms with Crippen molar-refractivity contribution in [3.8, 4) is 5.75 Å². The number of likely N-dealkylation sites (N-methyl/N-ethyl adjacent to an activating group) is 1.